The number of carbonyl (C=O) groups is 2. The van der Waals surface area contributed by atoms with Gasteiger partial charge in [0.2, 0.25) is 17.6 Å². The van der Waals surface area contributed by atoms with E-state index in [2.05, 4.69) is 10.2 Å². The van der Waals surface area contributed by atoms with Crippen molar-refractivity contribution >= 4 is 11.8 Å². The number of likely N-dealkylation sites (tertiary alicyclic amines) is 1. The van der Waals surface area contributed by atoms with E-state index < -0.39 is 18.0 Å². The molecule has 0 spiro atoms. The molecule has 0 radical (unpaired) electrons. The van der Waals surface area contributed by atoms with Gasteiger partial charge in [-0.1, -0.05) is 30.3 Å². The third-order valence-electron chi connectivity index (χ3n) is 6.08. The molecule has 4 rings (SSSR count). The molecule has 1 unspecified atom stereocenters. The van der Waals surface area contributed by atoms with Crippen LogP contribution in [0.5, 0.6) is 0 Å². The normalized spacial score (nSPS) is 19.0. The largest absolute Gasteiger partial charge is 0.451 e. The first-order valence-corrected chi connectivity index (χ1v) is 11.0. The lowest BCUT2D eigenvalue weighted by Gasteiger charge is -2.36. The van der Waals surface area contributed by atoms with Gasteiger partial charge < -0.3 is 14.4 Å². The van der Waals surface area contributed by atoms with Gasteiger partial charge in [-0.25, -0.2) is 0 Å². The van der Waals surface area contributed by atoms with Crippen LogP contribution in [-0.4, -0.2) is 56.0 Å². The minimum absolute atomic E-state index is 0.0288. The van der Waals surface area contributed by atoms with Gasteiger partial charge in [0.1, 0.15) is 6.04 Å². The SMILES string of the molecule is O=C(CCCC(=O)N1CCn2c(nnc2C(F)(F)F)C1c1ccccc1)N1CCCCC1. The molecular formula is C22H26F3N5O2. The topological polar surface area (TPSA) is 71.3 Å². The first kappa shape index (κ1) is 22.3. The van der Waals surface area contributed by atoms with Crippen molar-refractivity contribution in [3.05, 3.63) is 47.5 Å². The number of hydrogen-bond donors (Lipinski definition) is 0. The fourth-order valence-electron chi connectivity index (χ4n) is 4.49. The van der Waals surface area contributed by atoms with Gasteiger partial charge in [-0.2, -0.15) is 13.2 Å². The molecule has 1 aromatic carbocycles. The van der Waals surface area contributed by atoms with Crippen LogP contribution in [0.1, 0.15) is 61.8 Å². The second kappa shape index (κ2) is 9.30. The summed E-state index contributed by atoms with van der Waals surface area (Å²) < 4.78 is 41.1. The first-order chi connectivity index (χ1) is 15.4. The van der Waals surface area contributed by atoms with Crippen molar-refractivity contribution in [2.24, 2.45) is 0 Å². The third kappa shape index (κ3) is 4.63. The maximum Gasteiger partial charge on any atom is 0.451 e. The molecule has 1 fully saturated rings. The number of rotatable bonds is 5. The Balaban J connectivity index is 1.49. The molecule has 2 aliphatic heterocycles. The zero-order valence-electron chi connectivity index (χ0n) is 17.7. The van der Waals surface area contributed by atoms with E-state index in [0.29, 0.717) is 18.4 Å². The zero-order chi connectivity index (χ0) is 22.7. The van der Waals surface area contributed by atoms with E-state index in [4.69, 9.17) is 0 Å². The van der Waals surface area contributed by atoms with E-state index in [0.717, 1.165) is 36.9 Å². The summed E-state index contributed by atoms with van der Waals surface area (Å²) in [6, 6.07) is 8.13. The average Bonchev–Trinajstić information content (AvgIpc) is 3.24. The highest BCUT2D eigenvalue weighted by Gasteiger charge is 2.43. The van der Waals surface area contributed by atoms with Gasteiger partial charge in [0, 0.05) is 39.0 Å². The van der Waals surface area contributed by atoms with Gasteiger partial charge in [-0.05, 0) is 31.2 Å². The van der Waals surface area contributed by atoms with Gasteiger partial charge >= 0.3 is 6.18 Å². The van der Waals surface area contributed by atoms with E-state index >= 15 is 0 Å². The Hall–Kier alpha value is -2.91. The summed E-state index contributed by atoms with van der Waals surface area (Å²) in [4.78, 5) is 28.9. The van der Waals surface area contributed by atoms with Crippen LogP contribution >= 0.6 is 0 Å². The zero-order valence-corrected chi connectivity index (χ0v) is 17.7. The Morgan fingerprint density at radius 2 is 1.59 bits per heavy atom. The summed E-state index contributed by atoms with van der Waals surface area (Å²) >= 11 is 0. The number of piperidine rings is 1. The van der Waals surface area contributed by atoms with Crippen LogP contribution in [0.2, 0.25) is 0 Å². The average molecular weight is 449 g/mol. The predicted molar refractivity (Wildman–Crippen MR) is 109 cm³/mol. The highest BCUT2D eigenvalue weighted by atomic mass is 19.4. The number of nitrogens with zero attached hydrogens (tertiary/aromatic N) is 5. The minimum atomic E-state index is -4.62. The highest BCUT2D eigenvalue weighted by molar-refractivity contribution is 5.79. The van der Waals surface area contributed by atoms with Gasteiger partial charge in [-0.3, -0.25) is 9.59 Å². The molecular weight excluding hydrogens is 423 g/mol. The molecule has 7 nitrogen and oxygen atoms in total. The highest BCUT2D eigenvalue weighted by Crippen LogP contribution is 2.36. The van der Waals surface area contributed by atoms with Crippen molar-refractivity contribution in [3.8, 4) is 0 Å². The van der Waals surface area contributed by atoms with Crippen LogP contribution in [-0.2, 0) is 22.3 Å². The second-order valence-electron chi connectivity index (χ2n) is 8.23. The van der Waals surface area contributed by atoms with Crippen LogP contribution in [0, 0.1) is 0 Å². The van der Waals surface area contributed by atoms with E-state index in [1.807, 2.05) is 4.90 Å². The molecule has 0 N–H and O–H groups in total. The molecule has 1 saturated heterocycles. The molecule has 0 saturated carbocycles. The van der Waals surface area contributed by atoms with Crippen molar-refractivity contribution in [3.63, 3.8) is 0 Å². The summed E-state index contributed by atoms with van der Waals surface area (Å²) in [5.74, 6) is -1.08. The van der Waals surface area contributed by atoms with Crippen LogP contribution in [0.15, 0.2) is 30.3 Å². The summed E-state index contributed by atoms with van der Waals surface area (Å²) in [5.41, 5.74) is 0.673. The number of aromatic nitrogens is 3. The Morgan fingerprint density at radius 3 is 2.28 bits per heavy atom. The molecule has 3 heterocycles. The van der Waals surface area contributed by atoms with Crippen molar-refractivity contribution in [2.45, 2.75) is 57.3 Å². The van der Waals surface area contributed by atoms with Crippen molar-refractivity contribution in [2.75, 3.05) is 19.6 Å². The Morgan fingerprint density at radius 1 is 0.906 bits per heavy atom. The number of halogens is 3. The molecule has 0 aliphatic carbocycles. The molecule has 172 valence electrons. The van der Waals surface area contributed by atoms with Crippen molar-refractivity contribution in [1.29, 1.82) is 0 Å². The Kier molecular flexibility index (Phi) is 6.48. The lowest BCUT2D eigenvalue weighted by atomic mass is 10.0. The lowest BCUT2D eigenvalue weighted by Crippen LogP contribution is -2.43. The summed E-state index contributed by atoms with van der Waals surface area (Å²) in [7, 11) is 0. The second-order valence-corrected chi connectivity index (χ2v) is 8.23. The summed E-state index contributed by atoms with van der Waals surface area (Å²) in [6.45, 7) is 1.63. The number of fused-ring (bicyclic) bond motifs is 1. The minimum Gasteiger partial charge on any atom is -0.343 e. The Labute approximate surface area is 184 Å². The number of alkyl halides is 3. The molecule has 1 atom stereocenters. The van der Waals surface area contributed by atoms with Gasteiger partial charge in [0.05, 0.1) is 0 Å². The first-order valence-electron chi connectivity index (χ1n) is 11.0. The van der Waals surface area contributed by atoms with Gasteiger partial charge in [0.15, 0.2) is 5.82 Å². The molecule has 2 aromatic rings. The van der Waals surface area contributed by atoms with Gasteiger partial charge in [0.25, 0.3) is 0 Å². The summed E-state index contributed by atoms with van der Waals surface area (Å²) in [5, 5.41) is 7.20. The third-order valence-corrected chi connectivity index (χ3v) is 6.08. The number of carbonyl (C=O) groups excluding carboxylic acids is 2. The standard InChI is InChI=1S/C22H26F3N5O2/c23-22(24,25)21-27-26-20-19(16-8-3-1-4-9-16)29(14-15-30(20)21)18(32)11-7-10-17(31)28-12-5-2-6-13-28/h1,3-4,8-9,19H,2,5-7,10-15H2. The van der Waals surface area contributed by atoms with E-state index in [1.165, 1.54) is 0 Å². The maximum absolute atomic E-state index is 13.4. The number of amides is 2. The fourth-order valence-corrected chi connectivity index (χ4v) is 4.49. The van der Waals surface area contributed by atoms with E-state index in [9.17, 15) is 22.8 Å². The number of hydrogen-bond acceptors (Lipinski definition) is 4. The lowest BCUT2D eigenvalue weighted by molar-refractivity contribution is -0.148. The maximum atomic E-state index is 13.4. The molecule has 10 heteroatoms. The van der Waals surface area contributed by atoms with Crippen molar-refractivity contribution in [1.82, 2.24) is 24.6 Å². The molecule has 1 aromatic heterocycles. The van der Waals surface area contributed by atoms with E-state index in [1.54, 1.807) is 35.2 Å². The molecule has 0 bridgehead atoms. The van der Waals surface area contributed by atoms with Crippen LogP contribution in [0.25, 0.3) is 0 Å². The van der Waals surface area contributed by atoms with Crippen LogP contribution in [0.3, 0.4) is 0 Å². The fraction of sp³-hybridized carbons (Fsp3) is 0.545. The summed E-state index contributed by atoms with van der Waals surface area (Å²) in [6.07, 6.45) is -0.596. The molecule has 2 aliphatic rings. The monoisotopic (exact) mass is 449 g/mol. The van der Waals surface area contributed by atoms with E-state index in [-0.39, 0.29) is 37.1 Å². The quantitative estimate of drug-likeness (QED) is 0.702. The molecule has 32 heavy (non-hydrogen) atoms. The smallest absolute Gasteiger partial charge is 0.343 e. The van der Waals surface area contributed by atoms with Crippen LogP contribution in [0.4, 0.5) is 13.2 Å². The van der Waals surface area contributed by atoms with Gasteiger partial charge in [-0.15, -0.1) is 10.2 Å². The van der Waals surface area contributed by atoms with Crippen molar-refractivity contribution < 1.29 is 22.8 Å². The number of benzene rings is 1. The Bertz CT molecular complexity index is 954. The van der Waals surface area contributed by atoms with Crippen LogP contribution < -0.4 is 0 Å². The predicted octanol–water partition coefficient (Wildman–Crippen LogP) is 3.41. The molecule has 2 amide bonds.